The van der Waals surface area contributed by atoms with Crippen molar-refractivity contribution in [1.82, 2.24) is 4.90 Å². The average Bonchev–Trinajstić information content (AvgIpc) is 2.47. The van der Waals surface area contributed by atoms with Gasteiger partial charge < -0.3 is 10.0 Å². The van der Waals surface area contributed by atoms with Gasteiger partial charge in [0.15, 0.2) is 0 Å². The first-order chi connectivity index (χ1) is 9.61. The lowest BCUT2D eigenvalue weighted by Gasteiger charge is -2.21. The van der Waals surface area contributed by atoms with Crippen LogP contribution >= 0.6 is 15.9 Å². The molecule has 0 radical (unpaired) electrons. The highest BCUT2D eigenvalue weighted by molar-refractivity contribution is 9.10. The summed E-state index contributed by atoms with van der Waals surface area (Å²) in [5.74, 6) is -0.167. The van der Waals surface area contributed by atoms with Crippen LogP contribution < -0.4 is 0 Å². The molecular formula is C16H16BrNO2. The summed E-state index contributed by atoms with van der Waals surface area (Å²) in [6.07, 6.45) is 0. The summed E-state index contributed by atoms with van der Waals surface area (Å²) in [6.45, 7) is 3.04. The van der Waals surface area contributed by atoms with Gasteiger partial charge in [0.05, 0.1) is 5.56 Å². The summed E-state index contributed by atoms with van der Waals surface area (Å²) in [5.41, 5.74) is 1.38. The molecule has 0 aliphatic carbocycles. The molecule has 0 aliphatic rings. The number of aromatic hydroxyl groups is 1. The fourth-order valence-corrected chi connectivity index (χ4v) is 2.34. The maximum atomic E-state index is 12.5. The van der Waals surface area contributed by atoms with E-state index in [-0.39, 0.29) is 11.7 Å². The van der Waals surface area contributed by atoms with Crippen LogP contribution in [0.2, 0.25) is 0 Å². The Morgan fingerprint density at radius 1 is 1.20 bits per heavy atom. The fraction of sp³-hybridized carbons (Fsp3) is 0.188. The van der Waals surface area contributed by atoms with E-state index in [1.54, 1.807) is 17.0 Å². The highest BCUT2D eigenvalue weighted by atomic mass is 79.9. The van der Waals surface area contributed by atoms with E-state index >= 15 is 0 Å². The summed E-state index contributed by atoms with van der Waals surface area (Å²) < 4.78 is 0.773. The molecule has 0 unspecified atom stereocenters. The van der Waals surface area contributed by atoms with Crippen molar-refractivity contribution in [3.05, 3.63) is 64.1 Å². The SMILES string of the molecule is CCN(Cc1ccccc1)C(=O)c1cc(Br)ccc1O. The molecule has 0 fully saturated rings. The predicted molar refractivity (Wildman–Crippen MR) is 82.7 cm³/mol. The summed E-state index contributed by atoms with van der Waals surface area (Å²) >= 11 is 3.32. The number of phenolic OH excluding ortho intramolecular Hbond substituents is 1. The Labute approximate surface area is 127 Å². The van der Waals surface area contributed by atoms with Crippen LogP contribution in [-0.4, -0.2) is 22.5 Å². The van der Waals surface area contributed by atoms with E-state index in [1.165, 1.54) is 6.07 Å². The zero-order chi connectivity index (χ0) is 14.5. The van der Waals surface area contributed by atoms with Gasteiger partial charge in [-0.25, -0.2) is 0 Å². The maximum absolute atomic E-state index is 12.5. The molecule has 0 heterocycles. The van der Waals surface area contributed by atoms with E-state index in [9.17, 15) is 9.90 Å². The lowest BCUT2D eigenvalue weighted by molar-refractivity contribution is 0.0749. The smallest absolute Gasteiger partial charge is 0.257 e. The number of phenols is 1. The van der Waals surface area contributed by atoms with Gasteiger partial charge in [0.2, 0.25) is 0 Å². The standard InChI is InChI=1S/C16H16BrNO2/c1-2-18(11-12-6-4-3-5-7-12)16(20)14-10-13(17)8-9-15(14)19/h3-10,19H,2,11H2,1H3. The van der Waals surface area contributed by atoms with Crippen LogP contribution in [0.1, 0.15) is 22.8 Å². The molecule has 0 saturated heterocycles. The van der Waals surface area contributed by atoms with Crippen LogP contribution in [0.3, 0.4) is 0 Å². The molecule has 3 nitrogen and oxygen atoms in total. The van der Waals surface area contributed by atoms with Gasteiger partial charge in [0, 0.05) is 17.6 Å². The van der Waals surface area contributed by atoms with E-state index in [0.717, 1.165) is 10.0 Å². The Kier molecular flexibility index (Phi) is 4.79. The van der Waals surface area contributed by atoms with Crippen molar-refractivity contribution in [3.8, 4) is 5.75 Å². The van der Waals surface area contributed by atoms with Crippen molar-refractivity contribution in [1.29, 1.82) is 0 Å². The Morgan fingerprint density at radius 3 is 2.55 bits per heavy atom. The lowest BCUT2D eigenvalue weighted by Crippen LogP contribution is -2.30. The van der Waals surface area contributed by atoms with Gasteiger partial charge >= 0.3 is 0 Å². The molecule has 0 saturated carbocycles. The second-order valence-corrected chi connectivity index (χ2v) is 5.38. The molecule has 0 atom stereocenters. The van der Waals surface area contributed by atoms with Crippen LogP contribution in [0.5, 0.6) is 5.75 Å². The highest BCUT2D eigenvalue weighted by Gasteiger charge is 2.18. The van der Waals surface area contributed by atoms with E-state index < -0.39 is 0 Å². The molecule has 2 rings (SSSR count). The Morgan fingerprint density at radius 2 is 1.90 bits per heavy atom. The second kappa shape index (κ2) is 6.57. The van der Waals surface area contributed by atoms with Crippen LogP contribution in [0, 0.1) is 0 Å². The molecule has 2 aromatic carbocycles. The number of amides is 1. The summed E-state index contributed by atoms with van der Waals surface area (Å²) in [4.78, 5) is 14.2. The van der Waals surface area contributed by atoms with E-state index in [0.29, 0.717) is 18.7 Å². The number of hydrogen-bond donors (Lipinski definition) is 1. The van der Waals surface area contributed by atoms with Crippen molar-refractivity contribution >= 4 is 21.8 Å². The molecule has 4 heteroatoms. The number of hydrogen-bond acceptors (Lipinski definition) is 2. The minimum atomic E-state index is -0.171. The topological polar surface area (TPSA) is 40.5 Å². The summed E-state index contributed by atoms with van der Waals surface area (Å²) in [6, 6.07) is 14.7. The first kappa shape index (κ1) is 14.6. The van der Waals surface area contributed by atoms with Gasteiger partial charge in [-0.15, -0.1) is 0 Å². The zero-order valence-electron chi connectivity index (χ0n) is 11.2. The largest absolute Gasteiger partial charge is 0.507 e. The van der Waals surface area contributed by atoms with Crippen LogP contribution in [-0.2, 0) is 6.54 Å². The van der Waals surface area contributed by atoms with E-state index in [2.05, 4.69) is 15.9 Å². The first-order valence-electron chi connectivity index (χ1n) is 6.43. The first-order valence-corrected chi connectivity index (χ1v) is 7.23. The van der Waals surface area contributed by atoms with Crippen LogP contribution in [0.15, 0.2) is 53.0 Å². The quantitative estimate of drug-likeness (QED) is 0.923. The number of halogens is 1. The van der Waals surface area contributed by atoms with Gasteiger partial charge in [0.1, 0.15) is 5.75 Å². The molecule has 1 amide bonds. The summed E-state index contributed by atoms with van der Waals surface area (Å²) in [7, 11) is 0. The molecule has 0 spiro atoms. The Bertz CT molecular complexity index is 599. The second-order valence-electron chi connectivity index (χ2n) is 4.47. The molecule has 104 valence electrons. The Hall–Kier alpha value is -1.81. The van der Waals surface area contributed by atoms with Crippen molar-refractivity contribution < 1.29 is 9.90 Å². The van der Waals surface area contributed by atoms with Gasteiger partial charge in [-0.1, -0.05) is 46.3 Å². The third kappa shape index (κ3) is 3.39. The van der Waals surface area contributed by atoms with Crippen LogP contribution in [0.25, 0.3) is 0 Å². The maximum Gasteiger partial charge on any atom is 0.257 e. The highest BCUT2D eigenvalue weighted by Crippen LogP contribution is 2.23. The molecule has 2 aromatic rings. The fourth-order valence-electron chi connectivity index (χ4n) is 1.98. The zero-order valence-corrected chi connectivity index (χ0v) is 12.8. The molecule has 0 aromatic heterocycles. The monoisotopic (exact) mass is 333 g/mol. The van der Waals surface area contributed by atoms with Crippen molar-refractivity contribution in [2.24, 2.45) is 0 Å². The van der Waals surface area contributed by atoms with E-state index in [4.69, 9.17) is 0 Å². The summed E-state index contributed by atoms with van der Waals surface area (Å²) in [5, 5.41) is 9.85. The third-order valence-electron chi connectivity index (χ3n) is 3.07. The molecule has 0 aliphatic heterocycles. The van der Waals surface area contributed by atoms with E-state index in [1.807, 2.05) is 37.3 Å². The van der Waals surface area contributed by atoms with Gasteiger partial charge in [-0.05, 0) is 30.7 Å². The Balaban J connectivity index is 2.23. The minimum absolute atomic E-state index is 0.00436. The number of benzene rings is 2. The third-order valence-corrected chi connectivity index (χ3v) is 3.57. The van der Waals surface area contributed by atoms with Crippen molar-refractivity contribution in [3.63, 3.8) is 0 Å². The molecular weight excluding hydrogens is 318 g/mol. The number of rotatable bonds is 4. The van der Waals surface area contributed by atoms with Gasteiger partial charge in [0.25, 0.3) is 5.91 Å². The van der Waals surface area contributed by atoms with Gasteiger partial charge in [-0.2, -0.15) is 0 Å². The molecule has 20 heavy (non-hydrogen) atoms. The minimum Gasteiger partial charge on any atom is -0.507 e. The molecule has 1 N–H and O–H groups in total. The van der Waals surface area contributed by atoms with Crippen molar-refractivity contribution in [2.45, 2.75) is 13.5 Å². The number of nitrogens with zero attached hydrogens (tertiary/aromatic N) is 1. The van der Waals surface area contributed by atoms with Crippen molar-refractivity contribution in [2.75, 3.05) is 6.54 Å². The lowest BCUT2D eigenvalue weighted by atomic mass is 10.1. The number of carbonyl (C=O) groups excluding carboxylic acids is 1. The average molecular weight is 334 g/mol. The van der Waals surface area contributed by atoms with Gasteiger partial charge in [-0.3, -0.25) is 4.79 Å². The predicted octanol–water partition coefficient (Wildman–Crippen LogP) is 3.82. The van der Waals surface area contributed by atoms with Crippen LogP contribution in [0.4, 0.5) is 0 Å². The molecule has 0 bridgehead atoms. The number of carbonyl (C=O) groups is 1. The normalized spacial score (nSPS) is 10.3.